The molecule has 0 bridgehead atoms. The molecule has 0 atom stereocenters. The molecule has 0 saturated heterocycles. The standard InChI is InChI=1S/C12H17BrN4S/c1-8-11(5-13)12(17(4)15-8)16(3)6-10-7-18-9(2)14-10/h7H,5-6H2,1-4H3. The lowest BCUT2D eigenvalue weighted by Gasteiger charge is -2.19. The molecular weight excluding hydrogens is 312 g/mol. The lowest BCUT2D eigenvalue weighted by atomic mass is 10.2. The normalized spacial score (nSPS) is 10.9. The molecule has 18 heavy (non-hydrogen) atoms. The van der Waals surface area contributed by atoms with Gasteiger partial charge in [0.05, 0.1) is 22.9 Å². The fourth-order valence-electron chi connectivity index (χ4n) is 2.12. The fourth-order valence-corrected chi connectivity index (χ4v) is 3.38. The number of hydrogen-bond acceptors (Lipinski definition) is 4. The van der Waals surface area contributed by atoms with E-state index in [4.69, 9.17) is 0 Å². The molecule has 2 rings (SSSR count). The Morgan fingerprint density at radius 1 is 1.44 bits per heavy atom. The van der Waals surface area contributed by atoms with Gasteiger partial charge in [0.1, 0.15) is 5.82 Å². The van der Waals surface area contributed by atoms with Gasteiger partial charge in [0, 0.05) is 30.4 Å². The first-order chi connectivity index (χ1) is 8.52. The zero-order chi connectivity index (χ0) is 13.3. The number of nitrogens with zero attached hydrogens (tertiary/aromatic N) is 4. The smallest absolute Gasteiger partial charge is 0.130 e. The van der Waals surface area contributed by atoms with Crippen molar-refractivity contribution in [3.63, 3.8) is 0 Å². The molecule has 2 aromatic heterocycles. The molecule has 0 fully saturated rings. The SMILES string of the molecule is Cc1nc(CN(C)c2c(CBr)c(C)nn2C)cs1. The van der Waals surface area contributed by atoms with E-state index < -0.39 is 0 Å². The van der Waals surface area contributed by atoms with E-state index in [1.54, 1.807) is 11.3 Å². The second kappa shape index (κ2) is 5.40. The van der Waals surface area contributed by atoms with Crippen LogP contribution in [0.25, 0.3) is 0 Å². The molecule has 0 aliphatic heterocycles. The molecule has 2 heterocycles. The van der Waals surface area contributed by atoms with Gasteiger partial charge in [-0.25, -0.2) is 4.98 Å². The third-order valence-corrected chi connectivity index (χ3v) is 4.26. The van der Waals surface area contributed by atoms with Crippen molar-refractivity contribution in [2.24, 2.45) is 7.05 Å². The highest BCUT2D eigenvalue weighted by atomic mass is 79.9. The molecule has 98 valence electrons. The number of halogens is 1. The Kier molecular flexibility index (Phi) is 4.07. The van der Waals surface area contributed by atoms with Crippen LogP contribution >= 0.6 is 27.3 Å². The Morgan fingerprint density at radius 2 is 2.17 bits per heavy atom. The minimum Gasteiger partial charge on any atom is -0.354 e. The molecule has 0 unspecified atom stereocenters. The third kappa shape index (κ3) is 2.59. The van der Waals surface area contributed by atoms with Crippen LogP contribution in [0, 0.1) is 13.8 Å². The average Bonchev–Trinajstić information content (AvgIpc) is 2.82. The summed E-state index contributed by atoms with van der Waals surface area (Å²) in [5.41, 5.74) is 3.43. The van der Waals surface area contributed by atoms with E-state index in [0.29, 0.717) is 0 Å². The quantitative estimate of drug-likeness (QED) is 0.809. The largest absolute Gasteiger partial charge is 0.354 e. The summed E-state index contributed by atoms with van der Waals surface area (Å²) in [7, 11) is 4.06. The first-order valence-corrected chi connectivity index (χ1v) is 7.73. The summed E-state index contributed by atoms with van der Waals surface area (Å²) >= 11 is 5.23. The Bertz CT molecular complexity index is 546. The number of aryl methyl sites for hydroxylation is 3. The minimum atomic E-state index is 0.809. The number of rotatable bonds is 4. The van der Waals surface area contributed by atoms with E-state index in [1.807, 2.05) is 25.6 Å². The van der Waals surface area contributed by atoms with Gasteiger partial charge in [-0.05, 0) is 13.8 Å². The molecule has 0 radical (unpaired) electrons. The van der Waals surface area contributed by atoms with Crippen LogP contribution in [0.5, 0.6) is 0 Å². The summed E-state index contributed by atoms with van der Waals surface area (Å²) in [5.74, 6) is 1.15. The van der Waals surface area contributed by atoms with E-state index in [-0.39, 0.29) is 0 Å². The third-order valence-electron chi connectivity index (χ3n) is 2.87. The van der Waals surface area contributed by atoms with Crippen LogP contribution in [-0.2, 0) is 18.9 Å². The monoisotopic (exact) mass is 328 g/mol. The highest BCUT2D eigenvalue weighted by molar-refractivity contribution is 9.08. The van der Waals surface area contributed by atoms with Crippen LogP contribution in [0.15, 0.2) is 5.38 Å². The zero-order valence-corrected chi connectivity index (χ0v) is 13.5. The molecule has 4 nitrogen and oxygen atoms in total. The molecule has 0 aromatic carbocycles. The van der Waals surface area contributed by atoms with Crippen LogP contribution < -0.4 is 4.90 Å². The minimum absolute atomic E-state index is 0.809. The number of thiazole rings is 1. The van der Waals surface area contributed by atoms with Crippen LogP contribution in [-0.4, -0.2) is 21.8 Å². The fraction of sp³-hybridized carbons (Fsp3) is 0.500. The molecule has 0 spiro atoms. The molecule has 0 amide bonds. The second-order valence-corrected chi connectivity index (χ2v) is 5.98. The second-order valence-electron chi connectivity index (χ2n) is 4.36. The molecule has 0 saturated carbocycles. The van der Waals surface area contributed by atoms with Gasteiger partial charge in [-0.2, -0.15) is 5.10 Å². The molecule has 2 aromatic rings. The van der Waals surface area contributed by atoms with Crippen molar-refractivity contribution in [3.8, 4) is 0 Å². The van der Waals surface area contributed by atoms with Crippen LogP contribution in [0.1, 0.15) is 22.0 Å². The maximum absolute atomic E-state index is 4.50. The first kappa shape index (κ1) is 13.5. The molecule has 6 heteroatoms. The van der Waals surface area contributed by atoms with Crippen molar-refractivity contribution in [3.05, 3.63) is 27.3 Å². The van der Waals surface area contributed by atoms with Crippen LogP contribution in [0.4, 0.5) is 5.82 Å². The predicted octanol–water partition coefficient (Wildman–Crippen LogP) is 3.02. The highest BCUT2D eigenvalue weighted by Gasteiger charge is 2.16. The topological polar surface area (TPSA) is 34.0 Å². The van der Waals surface area contributed by atoms with Crippen molar-refractivity contribution in [1.29, 1.82) is 0 Å². The number of hydrogen-bond donors (Lipinski definition) is 0. The van der Waals surface area contributed by atoms with Gasteiger partial charge in [0.15, 0.2) is 0 Å². The van der Waals surface area contributed by atoms with Gasteiger partial charge in [-0.1, -0.05) is 15.9 Å². The summed E-state index contributed by atoms with van der Waals surface area (Å²) in [6, 6.07) is 0. The van der Waals surface area contributed by atoms with Gasteiger partial charge >= 0.3 is 0 Å². The summed E-state index contributed by atoms with van der Waals surface area (Å²) in [6.07, 6.45) is 0. The lowest BCUT2D eigenvalue weighted by molar-refractivity contribution is 0.723. The summed E-state index contributed by atoms with van der Waals surface area (Å²) < 4.78 is 1.94. The molecule has 0 N–H and O–H groups in total. The van der Waals surface area contributed by atoms with Gasteiger partial charge in [-0.3, -0.25) is 4.68 Å². The molecule has 0 aliphatic carbocycles. The van der Waals surface area contributed by atoms with Gasteiger partial charge in [-0.15, -0.1) is 11.3 Å². The van der Waals surface area contributed by atoms with Crippen molar-refractivity contribution >= 4 is 33.1 Å². The molecular formula is C12H17BrN4S. The number of aromatic nitrogens is 3. The average molecular weight is 329 g/mol. The first-order valence-electron chi connectivity index (χ1n) is 5.73. The van der Waals surface area contributed by atoms with E-state index in [0.717, 1.165) is 34.1 Å². The summed E-state index contributed by atoms with van der Waals surface area (Å²) in [5, 5.41) is 8.52. The highest BCUT2D eigenvalue weighted by Crippen LogP contribution is 2.25. The number of anilines is 1. The predicted molar refractivity (Wildman–Crippen MR) is 79.5 cm³/mol. The van der Waals surface area contributed by atoms with E-state index >= 15 is 0 Å². The summed E-state index contributed by atoms with van der Waals surface area (Å²) in [4.78, 5) is 6.70. The molecule has 0 aliphatic rings. The number of alkyl halides is 1. The van der Waals surface area contributed by atoms with Gasteiger partial charge < -0.3 is 4.90 Å². The Labute approximate surface area is 120 Å². The zero-order valence-electron chi connectivity index (χ0n) is 11.1. The van der Waals surface area contributed by atoms with E-state index in [9.17, 15) is 0 Å². The van der Waals surface area contributed by atoms with Gasteiger partial charge in [0.25, 0.3) is 0 Å². The van der Waals surface area contributed by atoms with Crippen molar-refractivity contribution < 1.29 is 0 Å². The van der Waals surface area contributed by atoms with Crippen molar-refractivity contribution in [2.45, 2.75) is 25.7 Å². The van der Waals surface area contributed by atoms with E-state index in [1.165, 1.54) is 5.56 Å². The van der Waals surface area contributed by atoms with Crippen LogP contribution in [0.2, 0.25) is 0 Å². The Hall–Kier alpha value is -0.880. The van der Waals surface area contributed by atoms with Gasteiger partial charge in [0.2, 0.25) is 0 Å². The Balaban J connectivity index is 2.25. The maximum Gasteiger partial charge on any atom is 0.130 e. The summed E-state index contributed by atoms with van der Waals surface area (Å²) in [6.45, 7) is 4.89. The Morgan fingerprint density at radius 3 is 2.72 bits per heavy atom. The van der Waals surface area contributed by atoms with Crippen molar-refractivity contribution in [1.82, 2.24) is 14.8 Å². The van der Waals surface area contributed by atoms with Crippen LogP contribution in [0.3, 0.4) is 0 Å². The maximum atomic E-state index is 4.50. The lowest BCUT2D eigenvalue weighted by Crippen LogP contribution is -2.20. The van der Waals surface area contributed by atoms with E-state index in [2.05, 4.69) is 43.3 Å². The van der Waals surface area contributed by atoms with Crippen molar-refractivity contribution in [2.75, 3.05) is 11.9 Å².